The fourth-order valence-corrected chi connectivity index (χ4v) is 3.51. The van der Waals surface area contributed by atoms with E-state index in [1.165, 1.54) is 38.4 Å². The van der Waals surface area contributed by atoms with Gasteiger partial charge in [-0.3, -0.25) is 4.79 Å². The Kier molecular flexibility index (Phi) is 5.45. The van der Waals surface area contributed by atoms with Crippen LogP contribution < -0.4 is 16.2 Å². The van der Waals surface area contributed by atoms with Gasteiger partial charge in [0.25, 0.3) is 0 Å². The summed E-state index contributed by atoms with van der Waals surface area (Å²) < 4.78 is 31.7. The normalized spacial score (nSPS) is 12.6. The Hall–Kier alpha value is -2.43. The zero-order valence-corrected chi connectivity index (χ0v) is 14.9. The molecule has 2 aromatic rings. The molecule has 0 radical (unpaired) electrons. The summed E-state index contributed by atoms with van der Waals surface area (Å²) in [4.78, 5) is 19.2. The van der Waals surface area contributed by atoms with E-state index in [1.54, 1.807) is 0 Å². The zero-order valence-electron chi connectivity index (χ0n) is 13.4. The van der Waals surface area contributed by atoms with Crippen LogP contribution in [0.15, 0.2) is 34.3 Å². The Bertz CT molecular complexity index is 957. The van der Waals surface area contributed by atoms with Gasteiger partial charge in [-0.15, -0.1) is 0 Å². The summed E-state index contributed by atoms with van der Waals surface area (Å²) in [5, 5.41) is 1.18. The van der Waals surface area contributed by atoms with E-state index in [0.717, 1.165) is 0 Å². The second-order valence-corrected chi connectivity index (χ2v) is 7.16. The van der Waals surface area contributed by atoms with Crippen LogP contribution in [-0.2, 0) is 19.6 Å². The highest BCUT2D eigenvalue weighted by atomic mass is 35.5. The minimum absolute atomic E-state index is 0.105. The number of fused-ring (bicyclic) bond motifs is 1. The van der Waals surface area contributed by atoms with Gasteiger partial charge in [-0.1, -0.05) is 17.7 Å². The summed E-state index contributed by atoms with van der Waals surface area (Å²) in [6.45, 7) is 1.37. The van der Waals surface area contributed by atoms with Gasteiger partial charge < -0.3 is 16.2 Å². The van der Waals surface area contributed by atoms with Crippen LogP contribution in [-0.4, -0.2) is 38.5 Å². The average Bonchev–Trinajstić information content (AvgIpc) is 2.55. The maximum atomic E-state index is 12.5. The molecule has 0 spiro atoms. The van der Waals surface area contributed by atoms with Crippen molar-refractivity contribution in [3.8, 4) is 0 Å². The van der Waals surface area contributed by atoms with Crippen molar-refractivity contribution >= 4 is 50.1 Å². The van der Waals surface area contributed by atoms with E-state index in [2.05, 4.69) is 19.4 Å². The molecule has 0 unspecified atom stereocenters. The van der Waals surface area contributed by atoms with Gasteiger partial charge in [-0.2, -0.15) is 9.71 Å². The second-order valence-electron chi connectivity index (χ2n) is 5.04. The highest BCUT2D eigenvalue weighted by Gasteiger charge is 2.23. The number of carbonyl (C=O) groups excluding carboxylic acids is 1. The van der Waals surface area contributed by atoms with Crippen molar-refractivity contribution in [2.24, 2.45) is 16.5 Å². The van der Waals surface area contributed by atoms with E-state index < -0.39 is 22.0 Å². The van der Waals surface area contributed by atoms with Crippen molar-refractivity contribution in [1.82, 2.24) is 9.71 Å². The van der Waals surface area contributed by atoms with Crippen molar-refractivity contribution < 1.29 is 17.9 Å². The van der Waals surface area contributed by atoms with Crippen LogP contribution in [0.4, 0.5) is 5.82 Å². The number of methoxy groups -OCH3 is 1. The molecule has 0 saturated carbocycles. The van der Waals surface area contributed by atoms with E-state index >= 15 is 0 Å². The summed E-state index contributed by atoms with van der Waals surface area (Å²) in [6, 6.07) is 3.12. The molecule has 0 saturated heterocycles. The molecule has 134 valence electrons. The SMILES string of the molecule is COC(=O)[C@@H](C)NS(=O)(=O)c1ccc2c(Cl)cnc(N=C(N)N)c2c1. The number of nitrogens with zero attached hydrogens (tertiary/aromatic N) is 2. The molecule has 0 fully saturated rings. The maximum absolute atomic E-state index is 12.5. The van der Waals surface area contributed by atoms with Gasteiger partial charge in [0, 0.05) is 17.0 Å². The highest BCUT2D eigenvalue weighted by molar-refractivity contribution is 7.89. The van der Waals surface area contributed by atoms with Crippen molar-refractivity contribution in [1.29, 1.82) is 0 Å². The first kappa shape index (κ1) is 18.9. The summed E-state index contributed by atoms with van der Waals surface area (Å²) >= 11 is 6.08. The van der Waals surface area contributed by atoms with Gasteiger partial charge in [0.2, 0.25) is 10.0 Å². The first-order valence-electron chi connectivity index (χ1n) is 6.93. The van der Waals surface area contributed by atoms with Crippen molar-refractivity contribution in [2.75, 3.05) is 7.11 Å². The lowest BCUT2D eigenvalue weighted by molar-refractivity contribution is -0.142. The van der Waals surface area contributed by atoms with E-state index in [-0.39, 0.29) is 16.7 Å². The molecule has 0 aliphatic rings. The molecule has 0 amide bonds. The number of sulfonamides is 1. The second kappa shape index (κ2) is 7.21. The number of carbonyl (C=O) groups is 1. The molecule has 25 heavy (non-hydrogen) atoms. The highest BCUT2D eigenvalue weighted by Crippen LogP contribution is 2.31. The molecule has 1 atom stereocenters. The first-order valence-corrected chi connectivity index (χ1v) is 8.80. The maximum Gasteiger partial charge on any atom is 0.323 e. The third kappa shape index (κ3) is 4.16. The fourth-order valence-electron chi connectivity index (χ4n) is 2.08. The number of nitrogens with two attached hydrogens (primary N) is 2. The quantitative estimate of drug-likeness (QED) is 0.388. The number of hydrogen-bond donors (Lipinski definition) is 3. The molecular formula is C14H16ClN5O4S. The molecule has 9 nitrogen and oxygen atoms in total. The van der Waals surface area contributed by atoms with E-state index in [9.17, 15) is 13.2 Å². The lowest BCUT2D eigenvalue weighted by Crippen LogP contribution is -2.39. The average molecular weight is 386 g/mol. The van der Waals surface area contributed by atoms with Crippen molar-refractivity contribution in [3.63, 3.8) is 0 Å². The molecule has 11 heteroatoms. The molecule has 5 N–H and O–H groups in total. The molecule has 2 rings (SSSR count). The first-order chi connectivity index (χ1) is 11.7. The van der Waals surface area contributed by atoms with E-state index in [0.29, 0.717) is 15.8 Å². The predicted octanol–water partition coefficient (Wildman–Crippen LogP) is 0.633. The molecule has 0 aliphatic carbocycles. The van der Waals surface area contributed by atoms with Crippen LogP contribution in [0.1, 0.15) is 6.92 Å². The van der Waals surface area contributed by atoms with Crippen LogP contribution in [0.3, 0.4) is 0 Å². The molecular weight excluding hydrogens is 370 g/mol. The number of guanidine groups is 1. The van der Waals surface area contributed by atoms with Crippen LogP contribution in [0.25, 0.3) is 10.8 Å². The summed E-state index contributed by atoms with van der Waals surface area (Å²) in [5.41, 5.74) is 10.7. The number of aromatic nitrogens is 1. The number of ether oxygens (including phenoxy) is 1. The molecule has 1 aromatic carbocycles. The van der Waals surface area contributed by atoms with Crippen LogP contribution >= 0.6 is 11.6 Å². The number of benzene rings is 1. The number of aliphatic imine (C=N–C) groups is 1. The molecule has 1 aromatic heterocycles. The van der Waals surface area contributed by atoms with Gasteiger partial charge in [0.15, 0.2) is 11.8 Å². The summed E-state index contributed by atoms with van der Waals surface area (Å²) in [7, 11) is -2.83. The number of esters is 1. The van der Waals surface area contributed by atoms with Crippen molar-refractivity contribution in [3.05, 3.63) is 29.4 Å². The van der Waals surface area contributed by atoms with Gasteiger partial charge in [-0.05, 0) is 19.1 Å². The Morgan fingerprint density at radius 3 is 2.64 bits per heavy atom. The lowest BCUT2D eigenvalue weighted by atomic mass is 10.1. The minimum atomic E-state index is -4.00. The van der Waals surface area contributed by atoms with Gasteiger partial charge in [-0.25, -0.2) is 13.4 Å². The zero-order chi connectivity index (χ0) is 18.8. The molecule has 0 bridgehead atoms. The Morgan fingerprint density at radius 2 is 2.04 bits per heavy atom. The van der Waals surface area contributed by atoms with E-state index in [1.807, 2.05) is 0 Å². The lowest BCUT2D eigenvalue weighted by Gasteiger charge is -2.13. The monoisotopic (exact) mass is 385 g/mol. The number of pyridine rings is 1. The number of halogens is 1. The smallest absolute Gasteiger partial charge is 0.323 e. The van der Waals surface area contributed by atoms with Crippen LogP contribution in [0.2, 0.25) is 5.02 Å². The van der Waals surface area contributed by atoms with Gasteiger partial charge in [0.05, 0.1) is 17.0 Å². The Morgan fingerprint density at radius 1 is 1.36 bits per heavy atom. The topological polar surface area (TPSA) is 150 Å². The minimum Gasteiger partial charge on any atom is -0.468 e. The van der Waals surface area contributed by atoms with Gasteiger partial charge >= 0.3 is 5.97 Å². The number of nitrogens with one attached hydrogen (secondary N) is 1. The van der Waals surface area contributed by atoms with Crippen LogP contribution in [0, 0.1) is 0 Å². The molecule has 1 heterocycles. The Labute approximate surface area is 149 Å². The fraction of sp³-hybridized carbons (Fsp3) is 0.214. The summed E-state index contributed by atoms with van der Waals surface area (Å²) in [5.74, 6) is -0.824. The van der Waals surface area contributed by atoms with Crippen molar-refractivity contribution in [2.45, 2.75) is 17.9 Å². The van der Waals surface area contributed by atoms with Crippen LogP contribution in [0.5, 0.6) is 0 Å². The number of rotatable bonds is 5. The standard InChI is InChI=1S/C14H16ClN5O4S/c1-7(13(21)24-2)20-25(22,23)8-3-4-9-10(5-8)12(19-14(16)17)18-6-11(9)15/h3-7,20H,1-2H3,(H4,16,17,18,19)/t7-/m1/s1. The predicted molar refractivity (Wildman–Crippen MR) is 94.0 cm³/mol. The van der Waals surface area contributed by atoms with E-state index in [4.69, 9.17) is 23.1 Å². The summed E-state index contributed by atoms with van der Waals surface area (Å²) in [6.07, 6.45) is 1.36. The molecule has 0 aliphatic heterocycles. The largest absolute Gasteiger partial charge is 0.468 e. The number of hydrogen-bond acceptors (Lipinski definition) is 6. The van der Waals surface area contributed by atoms with Gasteiger partial charge in [0.1, 0.15) is 6.04 Å². The Balaban J connectivity index is 2.56. The third-order valence-corrected chi connectivity index (χ3v) is 5.06. The third-order valence-electron chi connectivity index (χ3n) is 3.22.